The third-order valence-electron chi connectivity index (χ3n) is 3.14. The van der Waals surface area contributed by atoms with Crippen molar-refractivity contribution in [2.24, 2.45) is 0 Å². The minimum atomic E-state index is -0.920. The topological polar surface area (TPSA) is 87.2 Å². The van der Waals surface area contributed by atoms with Gasteiger partial charge in [-0.1, -0.05) is 0 Å². The lowest BCUT2D eigenvalue weighted by Gasteiger charge is -2.26. The van der Waals surface area contributed by atoms with E-state index < -0.39 is 5.97 Å². The molecule has 1 fully saturated rings. The summed E-state index contributed by atoms with van der Waals surface area (Å²) in [6.45, 7) is 4.83. The number of carboxylic acid groups (broad SMARTS) is 1. The summed E-state index contributed by atoms with van der Waals surface area (Å²) in [6, 6.07) is 0. The minimum Gasteiger partial charge on any atom is -0.481 e. The van der Waals surface area contributed by atoms with Gasteiger partial charge in [-0.15, -0.1) is 11.8 Å². The van der Waals surface area contributed by atoms with Crippen LogP contribution in [0.25, 0.3) is 0 Å². The molecule has 0 aromatic carbocycles. The number of ether oxygens (including phenoxy) is 1. The minimum absolute atomic E-state index is 0.0182. The summed E-state index contributed by atoms with van der Waals surface area (Å²) < 4.78 is 5.18. The predicted octanol–water partition coefficient (Wildman–Crippen LogP) is -0.0984. The molecule has 120 valence electrons. The van der Waals surface area contributed by atoms with Crippen LogP contribution in [0.3, 0.4) is 0 Å². The Morgan fingerprint density at radius 1 is 1.24 bits per heavy atom. The van der Waals surface area contributed by atoms with Crippen molar-refractivity contribution in [3.05, 3.63) is 0 Å². The van der Waals surface area contributed by atoms with E-state index in [2.05, 4.69) is 0 Å². The molecule has 0 saturated carbocycles. The van der Waals surface area contributed by atoms with Crippen LogP contribution in [0.1, 0.15) is 13.3 Å². The Kier molecular flexibility index (Phi) is 8.14. The quantitative estimate of drug-likeness (QED) is 0.672. The lowest BCUT2D eigenvalue weighted by atomic mass is 10.4. The van der Waals surface area contributed by atoms with Gasteiger partial charge in [0.25, 0.3) is 0 Å². The zero-order valence-corrected chi connectivity index (χ0v) is 13.1. The Labute approximate surface area is 128 Å². The zero-order chi connectivity index (χ0) is 15.7. The number of morpholine rings is 1. The standard InChI is InChI=1S/C13H22N2O5S/c1-2-14(4-3-13(18)19)11(16)9-21-10-12(17)15-5-7-20-8-6-15/h2-10H2,1H3,(H,18,19). The second-order valence-electron chi connectivity index (χ2n) is 4.60. The lowest BCUT2D eigenvalue weighted by molar-refractivity contribution is -0.138. The van der Waals surface area contributed by atoms with Crippen molar-refractivity contribution >= 4 is 29.5 Å². The van der Waals surface area contributed by atoms with E-state index in [0.717, 1.165) is 0 Å². The number of amides is 2. The van der Waals surface area contributed by atoms with Crippen LogP contribution in [-0.4, -0.2) is 83.6 Å². The fourth-order valence-electron chi connectivity index (χ4n) is 1.91. The van der Waals surface area contributed by atoms with Gasteiger partial charge in [-0.3, -0.25) is 14.4 Å². The number of rotatable bonds is 8. The molecule has 0 atom stereocenters. The molecule has 1 aliphatic heterocycles. The van der Waals surface area contributed by atoms with Gasteiger partial charge in [0.05, 0.1) is 31.1 Å². The van der Waals surface area contributed by atoms with Crippen molar-refractivity contribution in [1.29, 1.82) is 0 Å². The maximum atomic E-state index is 11.9. The molecule has 1 heterocycles. The molecule has 7 nitrogen and oxygen atoms in total. The van der Waals surface area contributed by atoms with Crippen molar-refractivity contribution in [1.82, 2.24) is 9.80 Å². The summed E-state index contributed by atoms with van der Waals surface area (Å²) in [5.41, 5.74) is 0. The van der Waals surface area contributed by atoms with Gasteiger partial charge < -0.3 is 19.6 Å². The molecule has 0 aliphatic carbocycles. The molecule has 1 N–H and O–H groups in total. The van der Waals surface area contributed by atoms with Crippen LogP contribution < -0.4 is 0 Å². The highest BCUT2D eigenvalue weighted by Crippen LogP contribution is 2.07. The number of carbonyl (C=O) groups is 3. The van der Waals surface area contributed by atoms with Crippen molar-refractivity contribution < 1.29 is 24.2 Å². The van der Waals surface area contributed by atoms with E-state index in [4.69, 9.17) is 9.84 Å². The Hall–Kier alpha value is -1.28. The molecular weight excluding hydrogens is 296 g/mol. The largest absolute Gasteiger partial charge is 0.481 e. The summed E-state index contributed by atoms with van der Waals surface area (Å²) in [6.07, 6.45) is -0.0586. The second kappa shape index (κ2) is 9.62. The molecule has 0 unspecified atom stereocenters. The van der Waals surface area contributed by atoms with Gasteiger partial charge in [0.1, 0.15) is 0 Å². The first kappa shape index (κ1) is 17.8. The van der Waals surface area contributed by atoms with E-state index >= 15 is 0 Å². The Morgan fingerprint density at radius 3 is 2.48 bits per heavy atom. The third kappa shape index (κ3) is 6.81. The van der Waals surface area contributed by atoms with Gasteiger partial charge in [0.15, 0.2) is 0 Å². The summed E-state index contributed by atoms with van der Waals surface area (Å²) in [7, 11) is 0. The number of hydrogen-bond acceptors (Lipinski definition) is 5. The lowest BCUT2D eigenvalue weighted by Crippen LogP contribution is -2.42. The predicted molar refractivity (Wildman–Crippen MR) is 79.2 cm³/mol. The maximum Gasteiger partial charge on any atom is 0.305 e. The molecule has 2 amide bonds. The Morgan fingerprint density at radius 2 is 1.90 bits per heavy atom. The summed E-state index contributed by atoms with van der Waals surface area (Å²) in [5, 5.41) is 8.63. The second-order valence-corrected chi connectivity index (χ2v) is 5.59. The van der Waals surface area contributed by atoms with Crippen LogP contribution in [0.2, 0.25) is 0 Å². The van der Waals surface area contributed by atoms with E-state index in [0.29, 0.717) is 32.8 Å². The number of hydrogen-bond donors (Lipinski definition) is 1. The highest BCUT2D eigenvalue weighted by Gasteiger charge is 2.18. The van der Waals surface area contributed by atoms with Crippen molar-refractivity contribution in [2.45, 2.75) is 13.3 Å². The molecule has 0 aromatic heterocycles. The number of carboxylic acids is 1. The molecule has 1 aliphatic rings. The van der Waals surface area contributed by atoms with Gasteiger partial charge in [0, 0.05) is 26.2 Å². The van der Waals surface area contributed by atoms with Crippen molar-refractivity contribution in [3.8, 4) is 0 Å². The first-order valence-electron chi connectivity index (χ1n) is 6.97. The number of carbonyl (C=O) groups excluding carboxylic acids is 2. The van der Waals surface area contributed by atoms with Gasteiger partial charge >= 0.3 is 5.97 Å². The highest BCUT2D eigenvalue weighted by atomic mass is 32.2. The van der Waals surface area contributed by atoms with Crippen LogP contribution in [0, 0.1) is 0 Å². The summed E-state index contributed by atoms with van der Waals surface area (Å²) in [5.74, 6) is -0.564. The van der Waals surface area contributed by atoms with Crippen LogP contribution in [-0.2, 0) is 19.1 Å². The van der Waals surface area contributed by atoms with Gasteiger partial charge in [-0.05, 0) is 6.92 Å². The van der Waals surface area contributed by atoms with Crippen LogP contribution in [0.4, 0.5) is 0 Å². The van der Waals surface area contributed by atoms with Crippen molar-refractivity contribution in [2.75, 3.05) is 50.9 Å². The fourth-order valence-corrected chi connectivity index (χ4v) is 2.73. The van der Waals surface area contributed by atoms with E-state index in [1.54, 1.807) is 4.90 Å². The number of thioether (sulfide) groups is 1. The molecule has 8 heteroatoms. The average molecular weight is 318 g/mol. The number of aliphatic carboxylic acids is 1. The molecule has 1 saturated heterocycles. The highest BCUT2D eigenvalue weighted by molar-refractivity contribution is 8.00. The monoisotopic (exact) mass is 318 g/mol. The SMILES string of the molecule is CCN(CCC(=O)O)C(=O)CSCC(=O)N1CCOCC1. The van der Waals surface area contributed by atoms with Gasteiger partial charge in [0.2, 0.25) is 11.8 Å². The van der Waals surface area contributed by atoms with Gasteiger partial charge in [-0.25, -0.2) is 0 Å². The number of nitrogens with zero attached hydrogens (tertiary/aromatic N) is 2. The normalized spacial score (nSPS) is 14.8. The fraction of sp³-hybridized carbons (Fsp3) is 0.769. The summed E-state index contributed by atoms with van der Waals surface area (Å²) >= 11 is 1.27. The van der Waals surface area contributed by atoms with E-state index in [1.807, 2.05) is 6.92 Å². The molecule has 0 aromatic rings. The first-order chi connectivity index (χ1) is 10.0. The average Bonchev–Trinajstić information content (AvgIpc) is 2.48. The molecule has 0 spiro atoms. The maximum absolute atomic E-state index is 11.9. The van der Waals surface area contributed by atoms with E-state index in [-0.39, 0.29) is 36.3 Å². The Balaban J connectivity index is 2.24. The molecule has 0 radical (unpaired) electrons. The Bertz CT molecular complexity index is 372. The van der Waals surface area contributed by atoms with Crippen LogP contribution in [0.5, 0.6) is 0 Å². The summed E-state index contributed by atoms with van der Waals surface area (Å²) in [4.78, 5) is 37.5. The zero-order valence-electron chi connectivity index (χ0n) is 12.2. The van der Waals surface area contributed by atoms with Gasteiger partial charge in [-0.2, -0.15) is 0 Å². The van der Waals surface area contributed by atoms with Crippen molar-refractivity contribution in [3.63, 3.8) is 0 Å². The first-order valence-corrected chi connectivity index (χ1v) is 8.13. The van der Waals surface area contributed by atoms with Crippen LogP contribution in [0.15, 0.2) is 0 Å². The molecule has 1 rings (SSSR count). The molecule has 0 bridgehead atoms. The molecule has 21 heavy (non-hydrogen) atoms. The van der Waals surface area contributed by atoms with E-state index in [9.17, 15) is 14.4 Å². The smallest absolute Gasteiger partial charge is 0.305 e. The van der Waals surface area contributed by atoms with Crippen LogP contribution >= 0.6 is 11.8 Å². The van der Waals surface area contributed by atoms with E-state index in [1.165, 1.54) is 16.7 Å². The third-order valence-corrected chi connectivity index (χ3v) is 4.05. The molecular formula is C13H22N2O5S.